The Bertz CT molecular complexity index is 336. The lowest BCUT2D eigenvalue weighted by Crippen LogP contribution is -2.23. The zero-order valence-corrected chi connectivity index (χ0v) is 10.7. The van der Waals surface area contributed by atoms with Crippen LogP contribution in [0.4, 0.5) is 0 Å². The molecular weight excluding hydrogens is 258 g/mol. The summed E-state index contributed by atoms with van der Waals surface area (Å²) in [7, 11) is 0. The first kappa shape index (κ1) is 11.7. The van der Waals surface area contributed by atoms with Crippen LogP contribution in [-0.4, -0.2) is 4.99 Å². The summed E-state index contributed by atoms with van der Waals surface area (Å²) >= 11 is 8.53. The van der Waals surface area contributed by atoms with Crippen LogP contribution in [0.5, 0.6) is 0 Å². The van der Waals surface area contributed by atoms with E-state index < -0.39 is 0 Å². The summed E-state index contributed by atoms with van der Waals surface area (Å²) in [6.45, 7) is 4.26. The molecule has 1 unspecified atom stereocenters. The smallest absolute Gasteiger partial charge is 0.0805 e. The number of hydrogen-bond donors (Lipinski definition) is 1. The van der Waals surface area contributed by atoms with E-state index in [1.165, 1.54) is 5.56 Å². The van der Waals surface area contributed by atoms with Gasteiger partial charge in [-0.3, -0.25) is 0 Å². The highest BCUT2D eigenvalue weighted by Gasteiger charge is 2.18. The fraction of sp³-hybridized carbons (Fsp3) is 0.364. The van der Waals surface area contributed by atoms with Crippen molar-refractivity contribution in [3.8, 4) is 0 Å². The monoisotopic (exact) mass is 271 g/mol. The van der Waals surface area contributed by atoms with E-state index in [0.717, 1.165) is 4.47 Å². The maximum Gasteiger partial charge on any atom is 0.0805 e. The van der Waals surface area contributed by atoms with Crippen LogP contribution in [-0.2, 0) is 0 Å². The highest BCUT2D eigenvalue weighted by Crippen LogP contribution is 2.26. The van der Waals surface area contributed by atoms with Crippen LogP contribution in [0.1, 0.15) is 25.3 Å². The molecule has 0 fully saturated rings. The number of rotatable bonds is 3. The molecule has 0 saturated carbocycles. The van der Waals surface area contributed by atoms with Crippen LogP contribution in [0.25, 0.3) is 0 Å². The Labute approximate surface area is 98.8 Å². The predicted molar refractivity (Wildman–Crippen MR) is 68.5 cm³/mol. The summed E-state index contributed by atoms with van der Waals surface area (Å²) in [5.41, 5.74) is 6.92. The summed E-state index contributed by atoms with van der Waals surface area (Å²) in [6.07, 6.45) is 0. The summed E-state index contributed by atoms with van der Waals surface area (Å²) in [5.74, 6) is 0.601. The van der Waals surface area contributed by atoms with E-state index in [1.807, 2.05) is 12.1 Å². The molecule has 1 atom stereocenters. The molecule has 0 heterocycles. The van der Waals surface area contributed by atoms with E-state index in [-0.39, 0.29) is 5.92 Å². The Hall–Kier alpha value is -0.410. The van der Waals surface area contributed by atoms with E-state index >= 15 is 0 Å². The summed E-state index contributed by atoms with van der Waals surface area (Å²) in [6, 6.07) is 8.14. The number of halogens is 1. The molecule has 1 nitrogen and oxygen atoms in total. The fourth-order valence-electron chi connectivity index (χ4n) is 1.58. The lowest BCUT2D eigenvalue weighted by atomic mass is 9.88. The first-order valence-electron chi connectivity index (χ1n) is 4.57. The number of hydrogen-bond acceptors (Lipinski definition) is 1. The minimum atomic E-state index is 0.169. The van der Waals surface area contributed by atoms with Crippen molar-refractivity contribution < 1.29 is 0 Å². The quantitative estimate of drug-likeness (QED) is 0.852. The molecule has 76 valence electrons. The third-order valence-electron chi connectivity index (χ3n) is 2.18. The van der Waals surface area contributed by atoms with E-state index in [2.05, 4.69) is 41.9 Å². The molecule has 0 bridgehead atoms. The van der Waals surface area contributed by atoms with Gasteiger partial charge in [-0.25, -0.2) is 0 Å². The van der Waals surface area contributed by atoms with E-state index in [4.69, 9.17) is 18.0 Å². The van der Waals surface area contributed by atoms with Crippen molar-refractivity contribution in [3.05, 3.63) is 34.3 Å². The largest absolute Gasteiger partial charge is 0.393 e. The minimum absolute atomic E-state index is 0.169. The van der Waals surface area contributed by atoms with Crippen LogP contribution in [0.2, 0.25) is 0 Å². The van der Waals surface area contributed by atoms with Crippen LogP contribution in [0, 0.1) is 5.92 Å². The van der Waals surface area contributed by atoms with Gasteiger partial charge in [-0.1, -0.05) is 54.1 Å². The maximum atomic E-state index is 5.74. The standard InChI is InChI=1S/C11H14BrNS/c1-7(2)10(11(13)14)8-4-3-5-9(12)6-8/h3-7,10H,1-2H3,(H2,13,14). The second-order valence-corrected chi connectivity index (χ2v) is 5.07. The van der Waals surface area contributed by atoms with Gasteiger partial charge < -0.3 is 5.73 Å². The third kappa shape index (κ3) is 2.79. The van der Waals surface area contributed by atoms with Gasteiger partial charge in [0.25, 0.3) is 0 Å². The van der Waals surface area contributed by atoms with Gasteiger partial charge in [0.05, 0.1) is 4.99 Å². The average molecular weight is 272 g/mol. The molecule has 0 amide bonds. The Morgan fingerprint density at radius 2 is 2.07 bits per heavy atom. The van der Waals surface area contributed by atoms with Crippen LogP contribution < -0.4 is 5.73 Å². The summed E-state index contributed by atoms with van der Waals surface area (Å²) < 4.78 is 1.07. The van der Waals surface area contributed by atoms with Gasteiger partial charge in [0, 0.05) is 10.4 Å². The first-order chi connectivity index (χ1) is 6.52. The molecule has 14 heavy (non-hydrogen) atoms. The van der Waals surface area contributed by atoms with Crippen molar-refractivity contribution in [2.45, 2.75) is 19.8 Å². The molecular formula is C11H14BrNS. The van der Waals surface area contributed by atoms with Crippen LogP contribution in [0.15, 0.2) is 28.7 Å². The van der Waals surface area contributed by atoms with Crippen LogP contribution >= 0.6 is 28.1 Å². The topological polar surface area (TPSA) is 26.0 Å². The summed E-state index contributed by atoms with van der Waals surface area (Å²) in [5, 5.41) is 0. The van der Waals surface area contributed by atoms with Crippen molar-refractivity contribution in [2.24, 2.45) is 11.7 Å². The van der Waals surface area contributed by atoms with Crippen molar-refractivity contribution in [1.29, 1.82) is 0 Å². The lowest BCUT2D eigenvalue weighted by molar-refractivity contribution is 0.604. The molecule has 1 aromatic rings. The zero-order valence-electron chi connectivity index (χ0n) is 8.33. The van der Waals surface area contributed by atoms with E-state index in [1.54, 1.807) is 0 Å². The van der Waals surface area contributed by atoms with Crippen molar-refractivity contribution >= 4 is 33.1 Å². The van der Waals surface area contributed by atoms with Gasteiger partial charge in [0.1, 0.15) is 0 Å². The molecule has 0 spiro atoms. The third-order valence-corrected chi connectivity index (χ3v) is 2.93. The second-order valence-electron chi connectivity index (χ2n) is 3.68. The highest BCUT2D eigenvalue weighted by atomic mass is 79.9. The first-order valence-corrected chi connectivity index (χ1v) is 5.77. The number of nitrogens with two attached hydrogens (primary N) is 1. The average Bonchev–Trinajstić information content (AvgIpc) is 2.02. The molecule has 1 rings (SSSR count). The number of benzene rings is 1. The maximum absolute atomic E-state index is 5.74. The highest BCUT2D eigenvalue weighted by molar-refractivity contribution is 9.10. The number of thiocarbonyl (C=S) groups is 1. The molecule has 1 aromatic carbocycles. The molecule has 0 aliphatic heterocycles. The zero-order chi connectivity index (χ0) is 10.7. The SMILES string of the molecule is CC(C)C(C(N)=S)c1cccc(Br)c1. The molecule has 2 N–H and O–H groups in total. The van der Waals surface area contributed by atoms with Crippen molar-refractivity contribution in [1.82, 2.24) is 0 Å². The Morgan fingerprint density at radius 1 is 1.43 bits per heavy atom. The van der Waals surface area contributed by atoms with Gasteiger partial charge in [-0.2, -0.15) is 0 Å². The van der Waals surface area contributed by atoms with Gasteiger partial charge >= 0.3 is 0 Å². The van der Waals surface area contributed by atoms with Gasteiger partial charge in [-0.05, 0) is 23.6 Å². The normalized spacial score (nSPS) is 12.9. The van der Waals surface area contributed by atoms with Gasteiger partial charge in [-0.15, -0.1) is 0 Å². The van der Waals surface area contributed by atoms with Gasteiger partial charge in [0.2, 0.25) is 0 Å². The molecule has 0 aliphatic rings. The van der Waals surface area contributed by atoms with Crippen LogP contribution in [0.3, 0.4) is 0 Å². The predicted octanol–water partition coefficient (Wildman–Crippen LogP) is 3.47. The molecule has 0 saturated heterocycles. The van der Waals surface area contributed by atoms with E-state index in [9.17, 15) is 0 Å². The molecule has 3 heteroatoms. The molecule has 0 aliphatic carbocycles. The Morgan fingerprint density at radius 3 is 2.50 bits per heavy atom. The molecule has 0 aromatic heterocycles. The van der Waals surface area contributed by atoms with Crippen molar-refractivity contribution in [3.63, 3.8) is 0 Å². The Kier molecular flexibility index (Phi) is 4.08. The van der Waals surface area contributed by atoms with Crippen molar-refractivity contribution in [2.75, 3.05) is 0 Å². The lowest BCUT2D eigenvalue weighted by Gasteiger charge is -2.19. The van der Waals surface area contributed by atoms with E-state index in [0.29, 0.717) is 10.9 Å². The minimum Gasteiger partial charge on any atom is -0.393 e. The summed E-state index contributed by atoms with van der Waals surface area (Å²) in [4.78, 5) is 0.568. The van der Waals surface area contributed by atoms with Gasteiger partial charge in [0.15, 0.2) is 0 Å². The fourth-order valence-corrected chi connectivity index (χ4v) is 2.40. The second kappa shape index (κ2) is 4.89. The Balaban J connectivity index is 3.05. The molecule has 0 radical (unpaired) electrons.